The van der Waals surface area contributed by atoms with Gasteiger partial charge in [0, 0.05) is 11.9 Å². The van der Waals surface area contributed by atoms with Crippen LogP contribution in [0.5, 0.6) is 0 Å². The van der Waals surface area contributed by atoms with E-state index in [0.29, 0.717) is 12.3 Å². The van der Waals surface area contributed by atoms with E-state index in [0.717, 1.165) is 20.4 Å². The van der Waals surface area contributed by atoms with Crippen molar-refractivity contribution in [1.29, 1.82) is 0 Å². The Morgan fingerprint density at radius 3 is 2.73 bits per heavy atom. The first kappa shape index (κ1) is 16.8. The average Bonchev–Trinajstić information content (AvgIpc) is 3.32. The van der Waals surface area contributed by atoms with E-state index in [1.54, 1.807) is 6.07 Å². The van der Waals surface area contributed by atoms with Crippen molar-refractivity contribution in [3.63, 3.8) is 0 Å². The largest absolute Gasteiger partial charge is 0.453 e. The first-order valence-electron chi connectivity index (χ1n) is 8.04. The Labute approximate surface area is 158 Å². The third-order valence-electron chi connectivity index (χ3n) is 3.72. The number of nitrogens with zero attached hydrogens (tertiary/aromatic N) is 2. The Morgan fingerprint density at radius 2 is 1.88 bits per heavy atom. The van der Waals surface area contributed by atoms with E-state index in [4.69, 9.17) is 4.42 Å². The van der Waals surface area contributed by atoms with Gasteiger partial charge in [-0.3, -0.25) is 4.79 Å². The number of carbonyl (C=O) groups excluding carboxylic acids is 1. The fourth-order valence-electron chi connectivity index (χ4n) is 2.43. The van der Waals surface area contributed by atoms with Gasteiger partial charge in [-0.05, 0) is 17.7 Å². The van der Waals surface area contributed by atoms with E-state index in [1.165, 1.54) is 28.7 Å². The molecule has 0 saturated carbocycles. The minimum atomic E-state index is -0.0554. The van der Waals surface area contributed by atoms with Gasteiger partial charge in [0.25, 0.3) is 0 Å². The standard InChI is InChI=1S/C19H15N3O2S2/c23-15(17-10-14-8-4-5-9-16(14)24-17)12-25-19-22-21-18(26-19)20-11-13-6-2-1-3-7-13/h1-10H,11-12H2,(H,20,21). The van der Waals surface area contributed by atoms with Gasteiger partial charge in [-0.1, -0.05) is 71.6 Å². The molecule has 26 heavy (non-hydrogen) atoms. The van der Waals surface area contributed by atoms with Gasteiger partial charge in [0.2, 0.25) is 10.9 Å². The van der Waals surface area contributed by atoms with Crippen LogP contribution in [0.25, 0.3) is 11.0 Å². The van der Waals surface area contributed by atoms with Crippen LogP contribution in [0, 0.1) is 0 Å². The number of para-hydroxylation sites is 1. The van der Waals surface area contributed by atoms with E-state index in [2.05, 4.69) is 27.6 Å². The van der Waals surface area contributed by atoms with E-state index < -0.39 is 0 Å². The summed E-state index contributed by atoms with van der Waals surface area (Å²) in [6, 6.07) is 19.5. The summed E-state index contributed by atoms with van der Waals surface area (Å²) in [5, 5.41) is 13.2. The number of benzene rings is 2. The van der Waals surface area contributed by atoms with Gasteiger partial charge in [-0.15, -0.1) is 10.2 Å². The van der Waals surface area contributed by atoms with E-state index in [9.17, 15) is 4.79 Å². The summed E-state index contributed by atoms with van der Waals surface area (Å²) in [6.45, 7) is 0.693. The molecule has 1 N–H and O–H groups in total. The van der Waals surface area contributed by atoms with Crippen molar-refractivity contribution in [1.82, 2.24) is 10.2 Å². The van der Waals surface area contributed by atoms with Crippen molar-refractivity contribution in [2.24, 2.45) is 0 Å². The molecule has 0 atom stereocenters. The van der Waals surface area contributed by atoms with Crippen molar-refractivity contribution in [3.8, 4) is 0 Å². The number of fused-ring (bicyclic) bond motifs is 1. The van der Waals surface area contributed by atoms with E-state index >= 15 is 0 Å². The molecule has 0 radical (unpaired) electrons. The predicted molar refractivity (Wildman–Crippen MR) is 105 cm³/mol. The lowest BCUT2D eigenvalue weighted by Crippen LogP contribution is -2.00. The molecule has 0 aliphatic carbocycles. The predicted octanol–water partition coefficient (Wildman–Crippen LogP) is 4.87. The second-order valence-electron chi connectivity index (χ2n) is 5.57. The zero-order valence-corrected chi connectivity index (χ0v) is 15.3. The van der Waals surface area contributed by atoms with Gasteiger partial charge in [-0.2, -0.15) is 0 Å². The number of anilines is 1. The number of thioether (sulfide) groups is 1. The number of furan rings is 1. The number of Topliss-reactive ketones (excluding diaryl/α,β-unsaturated/α-hetero) is 1. The third-order valence-corrected chi connectivity index (χ3v) is 5.73. The van der Waals surface area contributed by atoms with Crippen molar-refractivity contribution in [3.05, 3.63) is 72.0 Å². The molecule has 4 rings (SSSR count). The third kappa shape index (κ3) is 3.95. The maximum Gasteiger partial charge on any atom is 0.208 e. The monoisotopic (exact) mass is 381 g/mol. The second-order valence-corrected chi connectivity index (χ2v) is 7.77. The summed E-state index contributed by atoms with van der Waals surface area (Å²) in [5.74, 6) is 0.596. The van der Waals surface area contributed by atoms with Gasteiger partial charge in [0.15, 0.2) is 10.1 Å². The Kier molecular flexibility index (Phi) is 4.99. The van der Waals surface area contributed by atoms with Crippen LogP contribution in [-0.4, -0.2) is 21.7 Å². The molecule has 2 aromatic heterocycles. The number of nitrogens with one attached hydrogen (secondary N) is 1. The van der Waals surface area contributed by atoms with Gasteiger partial charge < -0.3 is 9.73 Å². The molecule has 0 saturated heterocycles. The van der Waals surface area contributed by atoms with E-state index in [1.807, 2.05) is 42.5 Å². The first-order chi connectivity index (χ1) is 12.8. The maximum atomic E-state index is 12.3. The molecular weight excluding hydrogens is 366 g/mol. The van der Waals surface area contributed by atoms with Crippen LogP contribution in [0.15, 0.2) is 69.4 Å². The summed E-state index contributed by atoms with van der Waals surface area (Å²) in [5.41, 5.74) is 1.90. The summed E-state index contributed by atoms with van der Waals surface area (Å²) >= 11 is 2.81. The Morgan fingerprint density at radius 1 is 1.08 bits per heavy atom. The van der Waals surface area contributed by atoms with Crippen LogP contribution in [0.3, 0.4) is 0 Å². The highest BCUT2D eigenvalue weighted by atomic mass is 32.2. The second kappa shape index (κ2) is 7.72. The molecule has 7 heteroatoms. The molecular formula is C19H15N3O2S2. The fourth-order valence-corrected chi connectivity index (χ4v) is 4.05. The SMILES string of the molecule is O=C(CSc1nnc(NCc2ccccc2)s1)c1cc2ccccc2o1. The van der Waals surface area contributed by atoms with Gasteiger partial charge >= 0.3 is 0 Å². The number of aromatic nitrogens is 2. The van der Waals surface area contributed by atoms with Crippen LogP contribution < -0.4 is 5.32 Å². The number of hydrogen-bond acceptors (Lipinski definition) is 7. The van der Waals surface area contributed by atoms with E-state index in [-0.39, 0.29) is 11.5 Å². The molecule has 0 aliphatic rings. The quantitative estimate of drug-likeness (QED) is 0.364. The number of rotatable bonds is 7. The highest BCUT2D eigenvalue weighted by Gasteiger charge is 2.14. The molecule has 2 aromatic carbocycles. The van der Waals surface area contributed by atoms with Crippen LogP contribution in [0.1, 0.15) is 16.1 Å². The van der Waals surface area contributed by atoms with Crippen LogP contribution in [0.4, 0.5) is 5.13 Å². The smallest absolute Gasteiger partial charge is 0.208 e. The minimum absolute atomic E-state index is 0.0554. The van der Waals surface area contributed by atoms with Crippen molar-refractivity contribution >= 4 is 45.0 Å². The molecule has 130 valence electrons. The molecule has 0 fully saturated rings. The molecule has 5 nitrogen and oxygen atoms in total. The number of carbonyl (C=O) groups is 1. The normalized spacial score (nSPS) is 10.9. The molecule has 0 unspecified atom stereocenters. The Hall–Kier alpha value is -2.64. The zero-order valence-electron chi connectivity index (χ0n) is 13.7. The Balaban J connectivity index is 1.33. The summed E-state index contributed by atoms with van der Waals surface area (Å²) in [4.78, 5) is 12.3. The van der Waals surface area contributed by atoms with Crippen molar-refractivity contribution < 1.29 is 9.21 Å². The summed E-state index contributed by atoms with van der Waals surface area (Å²) < 4.78 is 6.36. The number of ketones is 1. The zero-order chi connectivity index (χ0) is 17.8. The van der Waals surface area contributed by atoms with Gasteiger partial charge in [0.1, 0.15) is 5.58 Å². The maximum absolute atomic E-state index is 12.3. The molecule has 4 aromatic rings. The lowest BCUT2D eigenvalue weighted by atomic mass is 10.2. The topological polar surface area (TPSA) is 68.0 Å². The summed E-state index contributed by atoms with van der Waals surface area (Å²) in [6.07, 6.45) is 0. The lowest BCUT2D eigenvalue weighted by molar-refractivity contribution is 0.0994. The van der Waals surface area contributed by atoms with Gasteiger partial charge in [-0.25, -0.2) is 0 Å². The fraction of sp³-hybridized carbons (Fsp3) is 0.105. The first-order valence-corrected chi connectivity index (χ1v) is 9.84. The molecule has 0 bridgehead atoms. The van der Waals surface area contributed by atoms with Crippen molar-refractivity contribution in [2.75, 3.05) is 11.1 Å². The highest BCUT2D eigenvalue weighted by molar-refractivity contribution is 8.01. The molecule has 0 aliphatic heterocycles. The number of hydrogen-bond donors (Lipinski definition) is 1. The summed E-state index contributed by atoms with van der Waals surface area (Å²) in [7, 11) is 0. The van der Waals surface area contributed by atoms with Gasteiger partial charge in [0.05, 0.1) is 5.75 Å². The highest BCUT2D eigenvalue weighted by Crippen LogP contribution is 2.27. The lowest BCUT2D eigenvalue weighted by Gasteiger charge is -2.00. The van der Waals surface area contributed by atoms with Crippen molar-refractivity contribution in [2.45, 2.75) is 10.9 Å². The van der Waals surface area contributed by atoms with Crippen LogP contribution in [0.2, 0.25) is 0 Å². The van der Waals surface area contributed by atoms with Crippen LogP contribution >= 0.6 is 23.1 Å². The van der Waals surface area contributed by atoms with Crippen LogP contribution in [-0.2, 0) is 6.54 Å². The minimum Gasteiger partial charge on any atom is -0.453 e. The molecule has 0 amide bonds. The average molecular weight is 381 g/mol. The molecule has 0 spiro atoms. The molecule has 2 heterocycles. The Bertz CT molecular complexity index is 994.